The molecule has 6 nitrogen and oxygen atoms in total. The SMILES string of the molecule is CC\C=C/C=C\C=C/CCCCCCCC(=O)OC(COC(=O)CCC/C=C\C/C=C\C/C=C\C/C=C\C/C=C\CC)COC(=O)CCCCCCCCCCC. The van der Waals surface area contributed by atoms with E-state index in [-0.39, 0.29) is 37.5 Å². The van der Waals surface area contributed by atoms with Gasteiger partial charge in [-0.3, -0.25) is 14.4 Å². The van der Waals surface area contributed by atoms with Crippen molar-refractivity contribution < 1.29 is 28.6 Å². The number of carbonyl (C=O) groups excluding carboxylic acids is 3. The van der Waals surface area contributed by atoms with Crippen molar-refractivity contribution in [3.63, 3.8) is 0 Å². The maximum atomic E-state index is 12.7. The minimum Gasteiger partial charge on any atom is -0.462 e. The van der Waals surface area contributed by atoms with Crippen LogP contribution in [-0.4, -0.2) is 37.2 Å². The number of allylic oxidation sites excluding steroid dienone is 16. The van der Waals surface area contributed by atoms with Gasteiger partial charge in [-0.05, 0) is 77.0 Å². The van der Waals surface area contributed by atoms with Crippen LogP contribution in [0.1, 0.15) is 188 Å². The van der Waals surface area contributed by atoms with Crippen LogP contribution in [0.4, 0.5) is 0 Å². The molecule has 0 aromatic heterocycles. The van der Waals surface area contributed by atoms with E-state index >= 15 is 0 Å². The Hall–Kier alpha value is -3.67. The zero-order chi connectivity index (χ0) is 41.5. The van der Waals surface area contributed by atoms with Crippen LogP contribution >= 0.6 is 0 Å². The fourth-order valence-corrected chi connectivity index (χ4v) is 5.77. The first-order valence-electron chi connectivity index (χ1n) is 22.8. The Balaban J connectivity index is 4.50. The van der Waals surface area contributed by atoms with Crippen LogP contribution in [0.15, 0.2) is 97.2 Å². The molecule has 0 spiro atoms. The minimum atomic E-state index is -0.808. The Kier molecular flexibility index (Phi) is 42.1. The van der Waals surface area contributed by atoms with Gasteiger partial charge in [-0.25, -0.2) is 0 Å². The van der Waals surface area contributed by atoms with E-state index in [1.54, 1.807) is 0 Å². The fraction of sp³-hybridized carbons (Fsp3) is 0.627. The van der Waals surface area contributed by atoms with Gasteiger partial charge in [-0.15, -0.1) is 0 Å². The van der Waals surface area contributed by atoms with E-state index in [2.05, 4.69) is 112 Å². The molecule has 0 aromatic carbocycles. The molecule has 6 heteroatoms. The van der Waals surface area contributed by atoms with E-state index in [9.17, 15) is 14.4 Å². The molecule has 1 atom stereocenters. The molecule has 0 fully saturated rings. The number of carbonyl (C=O) groups is 3. The maximum Gasteiger partial charge on any atom is 0.306 e. The van der Waals surface area contributed by atoms with Gasteiger partial charge in [0.25, 0.3) is 0 Å². The second-order valence-electron chi connectivity index (χ2n) is 14.6. The molecule has 0 rings (SSSR count). The monoisotopic (exact) mass is 791 g/mol. The zero-order valence-corrected chi connectivity index (χ0v) is 36.6. The molecule has 0 bridgehead atoms. The first-order valence-corrected chi connectivity index (χ1v) is 22.8. The third-order valence-corrected chi connectivity index (χ3v) is 9.15. The summed E-state index contributed by atoms with van der Waals surface area (Å²) in [5.41, 5.74) is 0. The third kappa shape index (κ3) is 43.3. The number of hydrogen-bond donors (Lipinski definition) is 0. The lowest BCUT2D eigenvalue weighted by atomic mass is 10.1. The van der Waals surface area contributed by atoms with E-state index < -0.39 is 6.10 Å². The lowest BCUT2D eigenvalue weighted by Crippen LogP contribution is -2.30. The van der Waals surface area contributed by atoms with Gasteiger partial charge in [0.05, 0.1) is 0 Å². The van der Waals surface area contributed by atoms with Crippen LogP contribution < -0.4 is 0 Å². The second-order valence-corrected chi connectivity index (χ2v) is 14.6. The highest BCUT2D eigenvalue weighted by Crippen LogP contribution is 2.13. The van der Waals surface area contributed by atoms with Crippen LogP contribution in [0.25, 0.3) is 0 Å². The second kappa shape index (κ2) is 45.0. The first kappa shape index (κ1) is 53.3. The highest BCUT2D eigenvalue weighted by atomic mass is 16.6. The van der Waals surface area contributed by atoms with Gasteiger partial charge in [0.2, 0.25) is 0 Å². The summed E-state index contributed by atoms with van der Waals surface area (Å²) in [5.74, 6) is -0.999. The molecule has 0 aliphatic rings. The average Bonchev–Trinajstić information content (AvgIpc) is 3.21. The van der Waals surface area contributed by atoms with Crippen molar-refractivity contribution in [2.45, 2.75) is 194 Å². The molecule has 0 aliphatic heterocycles. The van der Waals surface area contributed by atoms with E-state index in [4.69, 9.17) is 14.2 Å². The van der Waals surface area contributed by atoms with Crippen molar-refractivity contribution in [1.29, 1.82) is 0 Å². The van der Waals surface area contributed by atoms with E-state index in [1.165, 1.54) is 38.5 Å². The molecule has 0 aliphatic carbocycles. The Morgan fingerprint density at radius 3 is 1.32 bits per heavy atom. The van der Waals surface area contributed by atoms with E-state index in [0.717, 1.165) is 103 Å². The molecule has 0 aromatic rings. The van der Waals surface area contributed by atoms with Crippen molar-refractivity contribution >= 4 is 17.9 Å². The highest BCUT2D eigenvalue weighted by Gasteiger charge is 2.19. The number of ether oxygens (including phenoxy) is 3. The first-order chi connectivity index (χ1) is 28.0. The van der Waals surface area contributed by atoms with E-state index in [0.29, 0.717) is 19.3 Å². The summed E-state index contributed by atoms with van der Waals surface area (Å²) in [5, 5.41) is 0. The van der Waals surface area contributed by atoms with Gasteiger partial charge >= 0.3 is 17.9 Å². The molecule has 57 heavy (non-hydrogen) atoms. The number of hydrogen-bond acceptors (Lipinski definition) is 6. The van der Waals surface area contributed by atoms with Gasteiger partial charge in [-0.2, -0.15) is 0 Å². The lowest BCUT2D eigenvalue weighted by Gasteiger charge is -2.18. The fourth-order valence-electron chi connectivity index (χ4n) is 5.77. The van der Waals surface area contributed by atoms with Crippen molar-refractivity contribution in [2.24, 2.45) is 0 Å². The third-order valence-electron chi connectivity index (χ3n) is 9.15. The number of rotatable bonds is 39. The summed E-state index contributed by atoms with van der Waals surface area (Å²) in [4.78, 5) is 37.7. The van der Waals surface area contributed by atoms with Crippen LogP contribution in [0.2, 0.25) is 0 Å². The highest BCUT2D eigenvalue weighted by molar-refractivity contribution is 5.71. The quantitative estimate of drug-likeness (QED) is 0.0203. The molecule has 0 amide bonds. The molecule has 0 radical (unpaired) electrons. The van der Waals surface area contributed by atoms with Gasteiger partial charge < -0.3 is 14.2 Å². The molecular formula is C51H82O6. The van der Waals surface area contributed by atoms with Crippen molar-refractivity contribution in [2.75, 3.05) is 13.2 Å². The standard InChI is InChI=1S/C51H82O6/c1-4-7-10-13-16-19-21-23-24-25-26-28-29-32-35-38-41-44-50(53)56-47-48(46-55-49(52)43-40-37-34-31-18-15-12-9-6-3)57-51(54)45-42-39-36-33-30-27-22-20-17-14-11-8-5-2/h7-8,10-11,14,16-17,19-20,22-24,26,28,32,35,48H,4-6,9,12-13,15,18,21,25,27,29-31,33-34,36-47H2,1-3H3/b10-7-,11-8-,17-14-,19-16-,22-20-,24-23-,28-26-,35-32-. The topological polar surface area (TPSA) is 78.9 Å². The van der Waals surface area contributed by atoms with Gasteiger partial charge in [-0.1, -0.05) is 189 Å². The molecule has 0 saturated heterocycles. The van der Waals surface area contributed by atoms with Gasteiger partial charge in [0.1, 0.15) is 13.2 Å². The Bertz CT molecular complexity index is 1180. The van der Waals surface area contributed by atoms with Gasteiger partial charge in [0.15, 0.2) is 6.10 Å². The summed E-state index contributed by atoms with van der Waals surface area (Å²) >= 11 is 0. The zero-order valence-electron chi connectivity index (χ0n) is 36.6. The molecule has 0 heterocycles. The number of esters is 3. The van der Waals surface area contributed by atoms with Crippen LogP contribution in [0, 0.1) is 0 Å². The van der Waals surface area contributed by atoms with Crippen molar-refractivity contribution in [3.05, 3.63) is 97.2 Å². The lowest BCUT2D eigenvalue weighted by molar-refractivity contribution is -0.167. The van der Waals surface area contributed by atoms with Crippen molar-refractivity contribution in [3.8, 4) is 0 Å². The molecular weight excluding hydrogens is 709 g/mol. The van der Waals surface area contributed by atoms with E-state index in [1.807, 2.05) is 6.08 Å². The Labute approximate surface area is 349 Å². The minimum absolute atomic E-state index is 0.104. The summed E-state index contributed by atoms with van der Waals surface area (Å²) in [7, 11) is 0. The normalized spacial score (nSPS) is 13.0. The smallest absolute Gasteiger partial charge is 0.306 e. The van der Waals surface area contributed by atoms with Crippen LogP contribution in [0.3, 0.4) is 0 Å². The Morgan fingerprint density at radius 1 is 0.386 bits per heavy atom. The Morgan fingerprint density at radius 2 is 0.789 bits per heavy atom. The summed E-state index contributed by atoms with van der Waals surface area (Å²) in [6.07, 6.45) is 58.3. The average molecular weight is 791 g/mol. The van der Waals surface area contributed by atoms with Crippen LogP contribution in [0.5, 0.6) is 0 Å². The molecule has 322 valence electrons. The van der Waals surface area contributed by atoms with Crippen molar-refractivity contribution in [1.82, 2.24) is 0 Å². The molecule has 1 unspecified atom stereocenters. The maximum absolute atomic E-state index is 12.7. The summed E-state index contributed by atoms with van der Waals surface area (Å²) in [6, 6.07) is 0. The molecule has 0 N–H and O–H groups in total. The predicted molar refractivity (Wildman–Crippen MR) is 242 cm³/mol. The number of unbranched alkanes of at least 4 members (excludes halogenated alkanes) is 14. The summed E-state index contributed by atoms with van der Waals surface area (Å²) < 4.78 is 16.6. The van der Waals surface area contributed by atoms with Crippen LogP contribution in [-0.2, 0) is 28.6 Å². The largest absolute Gasteiger partial charge is 0.462 e. The predicted octanol–water partition coefficient (Wildman–Crippen LogP) is 14.6. The van der Waals surface area contributed by atoms with Gasteiger partial charge in [0, 0.05) is 19.3 Å². The molecule has 0 saturated carbocycles. The summed E-state index contributed by atoms with van der Waals surface area (Å²) in [6.45, 7) is 6.27.